The van der Waals surface area contributed by atoms with Gasteiger partial charge in [-0.25, -0.2) is 4.39 Å². The molecule has 2 aromatic rings. The Balaban J connectivity index is 1.85. The van der Waals surface area contributed by atoms with E-state index < -0.39 is 5.82 Å². The van der Waals surface area contributed by atoms with Gasteiger partial charge in [-0.15, -0.1) is 0 Å². The summed E-state index contributed by atoms with van der Waals surface area (Å²) in [5.74, 6) is 0.697. The summed E-state index contributed by atoms with van der Waals surface area (Å²) < 4.78 is 24.0. The van der Waals surface area contributed by atoms with Gasteiger partial charge in [0, 0.05) is 19.5 Å². The van der Waals surface area contributed by atoms with Crippen LogP contribution >= 0.6 is 0 Å². The van der Waals surface area contributed by atoms with E-state index in [1.807, 2.05) is 30.1 Å². The SMILES string of the molecule is COc1ccc(CN(C)CCC(=O)Nc2ccccc2F)cc1OC. The third-order valence-corrected chi connectivity index (χ3v) is 3.77. The molecule has 25 heavy (non-hydrogen) atoms. The van der Waals surface area contributed by atoms with Crippen molar-refractivity contribution < 1.29 is 18.7 Å². The summed E-state index contributed by atoms with van der Waals surface area (Å²) in [7, 11) is 5.11. The summed E-state index contributed by atoms with van der Waals surface area (Å²) >= 11 is 0. The van der Waals surface area contributed by atoms with Gasteiger partial charge in [0.25, 0.3) is 0 Å². The lowest BCUT2D eigenvalue weighted by atomic mass is 10.2. The first kappa shape index (κ1) is 18.7. The number of carbonyl (C=O) groups excluding carboxylic acids is 1. The van der Waals surface area contributed by atoms with Crippen LogP contribution in [0.5, 0.6) is 11.5 Å². The Hall–Kier alpha value is -2.60. The molecule has 0 saturated carbocycles. The van der Waals surface area contributed by atoms with Crippen molar-refractivity contribution >= 4 is 11.6 Å². The van der Waals surface area contributed by atoms with Crippen molar-refractivity contribution in [2.24, 2.45) is 0 Å². The molecule has 0 spiro atoms. The number of rotatable bonds is 8. The van der Waals surface area contributed by atoms with E-state index in [4.69, 9.17) is 9.47 Å². The van der Waals surface area contributed by atoms with Crippen LogP contribution in [0.1, 0.15) is 12.0 Å². The van der Waals surface area contributed by atoms with E-state index in [9.17, 15) is 9.18 Å². The summed E-state index contributed by atoms with van der Waals surface area (Å²) in [6, 6.07) is 11.8. The maximum atomic E-state index is 13.5. The van der Waals surface area contributed by atoms with Gasteiger partial charge in [0.15, 0.2) is 11.5 Å². The van der Waals surface area contributed by atoms with E-state index in [1.165, 1.54) is 6.07 Å². The highest BCUT2D eigenvalue weighted by atomic mass is 19.1. The first-order chi connectivity index (χ1) is 12.0. The Kier molecular flexibility index (Phi) is 6.77. The number of halogens is 1. The highest BCUT2D eigenvalue weighted by Crippen LogP contribution is 2.27. The number of hydrogen-bond donors (Lipinski definition) is 1. The quantitative estimate of drug-likeness (QED) is 0.797. The highest BCUT2D eigenvalue weighted by Gasteiger charge is 2.10. The maximum Gasteiger partial charge on any atom is 0.225 e. The van der Waals surface area contributed by atoms with Crippen LogP contribution < -0.4 is 14.8 Å². The van der Waals surface area contributed by atoms with Crippen LogP contribution in [0.25, 0.3) is 0 Å². The number of anilines is 1. The maximum absolute atomic E-state index is 13.5. The largest absolute Gasteiger partial charge is 0.493 e. The Morgan fingerprint density at radius 3 is 2.52 bits per heavy atom. The summed E-state index contributed by atoms with van der Waals surface area (Å²) in [6.07, 6.45) is 0.276. The molecular weight excluding hydrogens is 323 g/mol. The molecule has 0 unspecified atom stereocenters. The second-order valence-corrected chi connectivity index (χ2v) is 5.71. The third kappa shape index (κ3) is 5.46. The lowest BCUT2D eigenvalue weighted by molar-refractivity contribution is -0.116. The van der Waals surface area contributed by atoms with Crippen LogP contribution in [-0.4, -0.2) is 38.6 Å². The molecule has 6 heteroatoms. The minimum atomic E-state index is -0.436. The predicted molar refractivity (Wildman–Crippen MR) is 95.5 cm³/mol. The van der Waals surface area contributed by atoms with Gasteiger partial charge in [-0.2, -0.15) is 0 Å². The molecule has 0 aliphatic heterocycles. The summed E-state index contributed by atoms with van der Waals surface area (Å²) in [6.45, 7) is 1.21. The first-order valence-corrected chi connectivity index (χ1v) is 7.97. The Bertz CT molecular complexity index is 722. The molecule has 0 heterocycles. The third-order valence-electron chi connectivity index (χ3n) is 3.77. The van der Waals surface area contributed by atoms with Crippen LogP contribution in [0.3, 0.4) is 0 Å². The van der Waals surface area contributed by atoms with E-state index in [0.29, 0.717) is 24.6 Å². The number of ether oxygens (including phenoxy) is 2. The van der Waals surface area contributed by atoms with Crippen molar-refractivity contribution in [3.8, 4) is 11.5 Å². The van der Waals surface area contributed by atoms with Gasteiger partial charge in [0.2, 0.25) is 5.91 Å². The van der Waals surface area contributed by atoms with Crippen LogP contribution in [0, 0.1) is 5.82 Å². The second-order valence-electron chi connectivity index (χ2n) is 5.71. The fraction of sp³-hybridized carbons (Fsp3) is 0.316. The molecular formula is C19H23FN2O3. The van der Waals surface area contributed by atoms with Crippen LogP contribution in [0.4, 0.5) is 10.1 Å². The van der Waals surface area contributed by atoms with E-state index in [1.54, 1.807) is 32.4 Å². The Morgan fingerprint density at radius 1 is 1.12 bits per heavy atom. The van der Waals surface area contributed by atoms with Gasteiger partial charge in [-0.1, -0.05) is 18.2 Å². The van der Waals surface area contributed by atoms with Crippen molar-refractivity contribution in [3.63, 3.8) is 0 Å². The molecule has 1 amide bonds. The lowest BCUT2D eigenvalue weighted by Crippen LogP contribution is -2.24. The highest BCUT2D eigenvalue weighted by molar-refractivity contribution is 5.90. The molecule has 0 radical (unpaired) electrons. The minimum Gasteiger partial charge on any atom is -0.493 e. The molecule has 134 valence electrons. The molecule has 0 bridgehead atoms. The number of para-hydroxylation sites is 1. The number of nitrogens with zero attached hydrogens (tertiary/aromatic N) is 1. The zero-order valence-electron chi connectivity index (χ0n) is 14.7. The van der Waals surface area contributed by atoms with Gasteiger partial charge < -0.3 is 19.7 Å². The summed E-state index contributed by atoms with van der Waals surface area (Å²) in [5, 5.41) is 2.59. The number of carbonyl (C=O) groups is 1. The number of methoxy groups -OCH3 is 2. The summed E-state index contributed by atoms with van der Waals surface area (Å²) in [4.78, 5) is 14.0. The topological polar surface area (TPSA) is 50.8 Å². The fourth-order valence-electron chi connectivity index (χ4n) is 2.44. The lowest BCUT2D eigenvalue weighted by Gasteiger charge is -2.17. The molecule has 0 aliphatic carbocycles. The predicted octanol–water partition coefficient (Wildman–Crippen LogP) is 3.30. The van der Waals surface area contributed by atoms with Gasteiger partial charge in [0.1, 0.15) is 5.82 Å². The Morgan fingerprint density at radius 2 is 1.84 bits per heavy atom. The van der Waals surface area contributed by atoms with Crippen LogP contribution in [-0.2, 0) is 11.3 Å². The molecule has 0 fully saturated rings. The van der Waals surface area contributed by atoms with E-state index in [-0.39, 0.29) is 18.0 Å². The molecule has 0 saturated heterocycles. The number of nitrogens with one attached hydrogen (secondary N) is 1. The van der Waals surface area contributed by atoms with E-state index >= 15 is 0 Å². The zero-order chi connectivity index (χ0) is 18.2. The zero-order valence-corrected chi connectivity index (χ0v) is 14.7. The molecule has 1 N–H and O–H groups in total. The van der Waals surface area contributed by atoms with Gasteiger partial charge in [-0.05, 0) is 36.9 Å². The van der Waals surface area contributed by atoms with Gasteiger partial charge in [0.05, 0.1) is 19.9 Å². The van der Waals surface area contributed by atoms with Crippen molar-refractivity contribution in [1.82, 2.24) is 4.90 Å². The average molecular weight is 346 g/mol. The van der Waals surface area contributed by atoms with Gasteiger partial charge in [-0.3, -0.25) is 4.79 Å². The smallest absolute Gasteiger partial charge is 0.225 e. The molecule has 2 rings (SSSR count). The number of benzene rings is 2. The Labute approximate surface area is 147 Å². The van der Waals surface area contributed by atoms with Crippen LogP contribution in [0.15, 0.2) is 42.5 Å². The van der Waals surface area contributed by atoms with Gasteiger partial charge >= 0.3 is 0 Å². The summed E-state index contributed by atoms with van der Waals surface area (Å²) in [5.41, 5.74) is 1.25. The molecule has 5 nitrogen and oxygen atoms in total. The molecule has 0 atom stereocenters. The standard InChI is InChI=1S/C19H23FN2O3/c1-22(13-14-8-9-17(24-2)18(12-14)25-3)11-10-19(23)21-16-7-5-4-6-15(16)20/h4-9,12H,10-11,13H2,1-3H3,(H,21,23). The monoisotopic (exact) mass is 346 g/mol. The van der Waals surface area contributed by atoms with Crippen molar-refractivity contribution in [2.45, 2.75) is 13.0 Å². The minimum absolute atomic E-state index is 0.204. The van der Waals surface area contributed by atoms with E-state index in [0.717, 1.165) is 5.56 Å². The average Bonchev–Trinajstić information content (AvgIpc) is 2.62. The fourth-order valence-corrected chi connectivity index (χ4v) is 2.44. The molecule has 2 aromatic carbocycles. The van der Waals surface area contributed by atoms with Crippen LogP contribution in [0.2, 0.25) is 0 Å². The molecule has 0 aliphatic rings. The second kappa shape index (κ2) is 9.03. The normalized spacial score (nSPS) is 10.6. The number of hydrogen-bond acceptors (Lipinski definition) is 4. The molecule has 0 aromatic heterocycles. The van der Waals surface area contributed by atoms with Crippen molar-refractivity contribution in [3.05, 3.63) is 53.8 Å². The van der Waals surface area contributed by atoms with E-state index in [2.05, 4.69) is 5.32 Å². The van der Waals surface area contributed by atoms with Crippen molar-refractivity contribution in [2.75, 3.05) is 33.1 Å². The number of amides is 1. The first-order valence-electron chi connectivity index (χ1n) is 7.97. The van der Waals surface area contributed by atoms with Crippen molar-refractivity contribution in [1.29, 1.82) is 0 Å².